The molecule has 2 nitrogen and oxygen atoms in total. The second-order valence-corrected chi connectivity index (χ2v) is 3.70. The van der Waals surface area contributed by atoms with Gasteiger partial charge in [-0.15, -0.1) is 0 Å². The molecule has 0 saturated heterocycles. The Bertz CT molecular complexity index is 96.1. The van der Waals surface area contributed by atoms with Crippen molar-refractivity contribution in [1.82, 2.24) is 5.32 Å². The van der Waals surface area contributed by atoms with Gasteiger partial charge in [0, 0.05) is 19.8 Å². The van der Waals surface area contributed by atoms with Gasteiger partial charge >= 0.3 is 0 Å². The maximum Gasteiger partial charge on any atom is 0.0476 e. The van der Waals surface area contributed by atoms with Crippen LogP contribution in [0.4, 0.5) is 0 Å². The summed E-state index contributed by atoms with van der Waals surface area (Å²) in [7, 11) is 1.76. The van der Waals surface area contributed by atoms with E-state index < -0.39 is 0 Å². The summed E-state index contributed by atoms with van der Waals surface area (Å²) in [5, 5.41) is 3.50. The monoisotopic (exact) mass is 187 g/mol. The van der Waals surface area contributed by atoms with Gasteiger partial charge in [-0.1, -0.05) is 26.2 Å². The van der Waals surface area contributed by atoms with E-state index in [1.54, 1.807) is 7.11 Å². The number of rotatable bonds is 9. The highest BCUT2D eigenvalue weighted by molar-refractivity contribution is 4.59. The lowest BCUT2D eigenvalue weighted by atomic mass is 10.2. The van der Waals surface area contributed by atoms with Crippen LogP contribution in [0, 0.1) is 0 Å². The van der Waals surface area contributed by atoms with E-state index in [9.17, 15) is 0 Å². The molecule has 0 aliphatic carbocycles. The Morgan fingerprint density at radius 3 is 2.62 bits per heavy atom. The van der Waals surface area contributed by atoms with Gasteiger partial charge in [-0.05, 0) is 26.3 Å². The Balaban J connectivity index is 3.03. The van der Waals surface area contributed by atoms with Crippen LogP contribution in [-0.2, 0) is 4.74 Å². The Labute approximate surface area is 83.1 Å². The highest BCUT2D eigenvalue weighted by Gasteiger charge is 1.98. The topological polar surface area (TPSA) is 21.3 Å². The quantitative estimate of drug-likeness (QED) is 0.560. The lowest BCUT2D eigenvalue weighted by Crippen LogP contribution is -2.28. The third-order valence-corrected chi connectivity index (χ3v) is 2.28. The molecule has 0 aliphatic heterocycles. The zero-order valence-electron chi connectivity index (χ0n) is 9.44. The Morgan fingerprint density at radius 1 is 1.23 bits per heavy atom. The van der Waals surface area contributed by atoms with Crippen molar-refractivity contribution in [2.24, 2.45) is 0 Å². The van der Waals surface area contributed by atoms with Crippen molar-refractivity contribution in [3.05, 3.63) is 0 Å². The molecule has 0 radical (unpaired) electrons. The van der Waals surface area contributed by atoms with E-state index >= 15 is 0 Å². The SMILES string of the molecule is CCCCCCNC(C)CCOC. The summed E-state index contributed by atoms with van der Waals surface area (Å²) in [6.07, 6.45) is 6.48. The molecule has 2 heteroatoms. The first-order chi connectivity index (χ1) is 6.31. The molecule has 0 heterocycles. The molecule has 0 fully saturated rings. The maximum absolute atomic E-state index is 5.02. The number of unbranched alkanes of at least 4 members (excludes halogenated alkanes) is 3. The van der Waals surface area contributed by atoms with Gasteiger partial charge in [0.25, 0.3) is 0 Å². The fourth-order valence-electron chi connectivity index (χ4n) is 1.30. The molecule has 0 amide bonds. The normalized spacial score (nSPS) is 13.2. The average molecular weight is 187 g/mol. The Morgan fingerprint density at radius 2 is 2.00 bits per heavy atom. The molecular weight excluding hydrogens is 162 g/mol. The van der Waals surface area contributed by atoms with Crippen molar-refractivity contribution < 1.29 is 4.74 Å². The molecule has 1 unspecified atom stereocenters. The molecule has 1 atom stereocenters. The van der Waals surface area contributed by atoms with Crippen LogP contribution < -0.4 is 5.32 Å². The van der Waals surface area contributed by atoms with Crippen LogP contribution in [0.1, 0.15) is 46.0 Å². The van der Waals surface area contributed by atoms with Crippen LogP contribution >= 0.6 is 0 Å². The van der Waals surface area contributed by atoms with Gasteiger partial charge in [-0.25, -0.2) is 0 Å². The largest absolute Gasteiger partial charge is 0.385 e. The van der Waals surface area contributed by atoms with Crippen molar-refractivity contribution in [3.8, 4) is 0 Å². The van der Waals surface area contributed by atoms with Crippen molar-refractivity contribution in [1.29, 1.82) is 0 Å². The number of hydrogen-bond donors (Lipinski definition) is 1. The van der Waals surface area contributed by atoms with Gasteiger partial charge in [0.1, 0.15) is 0 Å². The minimum absolute atomic E-state index is 0.599. The molecule has 0 aromatic heterocycles. The summed E-state index contributed by atoms with van der Waals surface area (Å²) in [5.74, 6) is 0. The second-order valence-electron chi connectivity index (χ2n) is 3.70. The molecule has 13 heavy (non-hydrogen) atoms. The molecular formula is C11H25NO. The van der Waals surface area contributed by atoms with Gasteiger partial charge in [-0.3, -0.25) is 0 Å². The predicted molar refractivity (Wildman–Crippen MR) is 58.1 cm³/mol. The number of hydrogen-bond acceptors (Lipinski definition) is 2. The molecule has 0 bridgehead atoms. The van der Waals surface area contributed by atoms with E-state index in [4.69, 9.17) is 4.74 Å². The number of methoxy groups -OCH3 is 1. The second kappa shape index (κ2) is 10.0. The van der Waals surface area contributed by atoms with E-state index in [1.165, 1.54) is 25.7 Å². The highest BCUT2D eigenvalue weighted by atomic mass is 16.5. The van der Waals surface area contributed by atoms with Crippen molar-refractivity contribution >= 4 is 0 Å². The zero-order chi connectivity index (χ0) is 9.94. The van der Waals surface area contributed by atoms with Crippen LogP contribution in [0.2, 0.25) is 0 Å². The third-order valence-electron chi connectivity index (χ3n) is 2.28. The highest BCUT2D eigenvalue weighted by Crippen LogP contribution is 1.98. The number of ether oxygens (including phenoxy) is 1. The first-order valence-electron chi connectivity index (χ1n) is 5.53. The van der Waals surface area contributed by atoms with Gasteiger partial charge in [-0.2, -0.15) is 0 Å². The van der Waals surface area contributed by atoms with Crippen LogP contribution in [-0.4, -0.2) is 26.3 Å². The predicted octanol–water partition coefficient (Wildman–Crippen LogP) is 2.58. The number of nitrogens with one attached hydrogen (secondary N) is 1. The standard InChI is InChI=1S/C11H25NO/c1-4-5-6-7-9-12-11(2)8-10-13-3/h11-12H,4-10H2,1-3H3. The average Bonchev–Trinajstić information content (AvgIpc) is 2.14. The molecule has 0 aliphatic rings. The van der Waals surface area contributed by atoms with Gasteiger partial charge in [0.15, 0.2) is 0 Å². The van der Waals surface area contributed by atoms with E-state index in [-0.39, 0.29) is 0 Å². The third kappa shape index (κ3) is 9.84. The van der Waals surface area contributed by atoms with Gasteiger partial charge in [0.2, 0.25) is 0 Å². The molecule has 80 valence electrons. The molecule has 0 saturated carbocycles. The smallest absolute Gasteiger partial charge is 0.0476 e. The fraction of sp³-hybridized carbons (Fsp3) is 1.00. The van der Waals surface area contributed by atoms with E-state index in [1.807, 2.05) is 0 Å². The van der Waals surface area contributed by atoms with Crippen molar-refractivity contribution in [3.63, 3.8) is 0 Å². The van der Waals surface area contributed by atoms with Crippen LogP contribution in [0.25, 0.3) is 0 Å². The molecule has 1 N–H and O–H groups in total. The van der Waals surface area contributed by atoms with Gasteiger partial charge < -0.3 is 10.1 Å². The molecule has 0 rings (SSSR count). The minimum Gasteiger partial charge on any atom is -0.385 e. The summed E-state index contributed by atoms with van der Waals surface area (Å²) in [4.78, 5) is 0. The van der Waals surface area contributed by atoms with Crippen molar-refractivity contribution in [2.45, 2.75) is 52.0 Å². The van der Waals surface area contributed by atoms with Crippen LogP contribution in [0.15, 0.2) is 0 Å². The lowest BCUT2D eigenvalue weighted by Gasteiger charge is -2.12. The molecule has 0 spiro atoms. The first kappa shape index (κ1) is 12.9. The summed E-state index contributed by atoms with van der Waals surface area (Å²) >= 11 is 0. The summed E-state index contributed by atoms with van der Waals surface area (Å²) in [6.45, 7) is 6.49. The van der Waals surface area contributed by atoms with E-state index in [2.05, 4.69) is 19.2 Å². The Kier molecular flexibility index (Phi) is 9.94. The van der Waals surface area contributed by atoms with E-state index in [0.717, 1.165) is 19.6 Å². The van der Waals surface area contributed by atoms with Crippen molar-refractivity contribution in [2.75, 3.05) is 20.3 Å². The maximum atomic E-state index is 5.02. The first-order valence-corrected chi connectivity index (χ1v) is 5.53. The zero-order valence-corrected chi connectivity index (χ0v) is 9.44. The summed E-state index contributed by atoms with van der Waals surface area (Å²) in [6, 6.07) is 0.599. The minimum atomic E-state index is 0.599. The molecule has 0 aromatic rings. The van der Waals surface area contributed by atoms with Crippen LogP contribution in [0.5, 0.6) is 0 Å². The summed E-state index contributed by atoms with van der Waals surface area (Å²) < 4.78 is 5.02. The fourth-order valence-corrected chi connectivity index (χ4v) is 1.30. The van der Waals surface area contributed by atoms with Gasteiger partial charge in [0.05, 0.1) is 0 Å². The van der Waals surface area contributed by atoms with E-state index in [0.29, 0.717) is 6.04 Å². The lowest BCUT2D eigenvalue weighted by molar-refractivity contribution is 0.185. The van der Waals surface area contributed by atoms with Crippen LogP contribution in [0.3, 0.4) is 0 Å². The Hall–Kier alpha value is -0.0800. The summed E-state index contributed by atoms with van der Waals surface area (Å²) in [5.41, 5.74) is 0. The molecule has 0 aromatic carbocycles.